The van der Waals surface area contributed by atoms with Gasteiger partial charge in [-0.25, -0.2) is 13.1 Å². The van der Waals surface area contributed by atoms with E-state index in [4.69, 9.17) is 10.00 Å². The summed E-state index contributed by atoms with van der Waals surface area (Å²) in [4.78, 5) is 14.5. The number of rotatable bonds is 10. The van der Waals surface area contributed by atoms with E-state index in [1.807, 2.05) is 6.92 Å². The molecule has 1 saturated carbocycles. The number of amides is 1. The monoisotopic (exact) mass is 439 g/mol. The Morgan fingerprint density at radius 1 is 1.19 bits per heavy atom. The van der Waals surface area contributed by atoms with Crippen LogP contribution in [0.25, 0.3) is 6.08 Å². The third kappa shape index (κ3) is 6.41. The molecule has 0 spiro atoms. The lowest BCUT2D eigenvalue weighted by atomic mass is 10.2. The molecule has 0 heterocycles. The summed E-state index contributed by atoms with van der Waals surface area (Å²) in [7, 11) is -3.50. The highest BCUT2D eigenvalue weighted by Gasteiger charge is 2.27. The summed E-state index contributed by atoms with van der Waals surface area (Å²) >= 11 is 0. The van der Waals surface area contributed by atoms with E-state index in [1.54, 1.807) is 42.5 Å². The van der Waals surface area contributed by atoms with Crippen molar-refractivity contribution in [3.63, 3.8) is 0 Å². The minimum absolute atomic E-state index is 0.0455. The highest BCUT2D eigenvalue weighted by molar-refractivity contribution is 7.89. The Morgan fingerprint density at radius 3 is 2.45 bits per heavy atom. The van der Waals surface area contributed by atoms with Crippen LogP contribution in [0.4, 0.5) is 5.69 Å². The molecular formula is C23H25N3O4S. The molecule has 2 aromatic rings. The van der Waals surface area contributed by atoms with Crippen molar-refractivity contribution in [3.8, 4) is 11.8 Å². The molecule has 31 heavy (non-hydrogen) atoms. The van der Waals surface area contributed by atoms with Crippen molar-refractivity contribution in [3.05, 3.63) is 60.2 Å². The maximum absolute atomic E-state index is 12.8. The summed E-state index contributed by atoms with van der Waals surface area (Å²) in [6, 6.07) is 15.6. The van der Waals surface area contributed by atoms with E-state index in [1.165, 1.54) is 23.1 Å². The average Bonchev–Trinajstić information content (AvgIpc) is 3.57. The van der Waals surface area contributed by atoms with Gasteiger partial charge < -0.3 is 9.64 Å². The van der Waals surface area contributed by atoms with Gasteiger partial charge in [0.25, 0.3) is 5.91 Å². The van der Waals surface area contributed by atoms with E-state index in [9.17, 15) is 13.2 Å². The lowest BCUT2D eigenvalue weighted by molar-refractivity contribution is -0.114. The van der Waals surface area contributed by atoms with Gasteiger partial charge in [0.05, 0.1) is 24.0 Å². The van der Waals surface area contributed by atoms with Crippen molar-refractivity contribution in [2.75, 3.05) is 18.1 Å². The van der Waals surface area contributed by atoms with Crippen LogP contribution in [0.2, 0.25) is 0 Å². The lowest BCUT2D eigenvalue weighted by Gasteiger charge is -2.20. The standard InChI is InChI=1S/C23H25N3O4S/c1-2-30-21-11-9-20(10-12-21)26(17-3-16-24)23(27)15-6-18-4-13-22(14-5-18)31(28,29)25-19-7-8-19/h4-6,9-15,19,25H,2-3,7-8,17H2,1H3/b15-6+. The molecule has 8 heteroatoms. The first-order valence-corrected chi connectivity index (χ1v) is 11.6. The number of nitrogens with one attached hydrogen (secondary N) is 1. The first kappa shape index (κ1) is 22.5. The molecule has 0 saturated heterocycles. The summed E-state index contributed by atoms with van der Waals surface area (Å²) in [5, 5.41) is 8.94. The topological polar surface area (TPSA) is 99.5 Å². The second kappa shape index (κ2) is 10.2. The van der Waals surface area contributed by atoms with Crippen LogP contribution >= 0.6 is 0 Å². The fourth-order valence-electron chi connectivity index (χ4n) is 2.92. The highest BCUT2D eigenvalue weighted by atomic mass is 32.2. The van der Waals surface area contributed by atoms with Crippen LogP contribution in [0.1, 0.15) is 31.7 Å². The Morgan fingerprint density at radius 2 is 1.87 bits per heavy atom. The van der Waals surface area contributed by atoms with Crippen molar-refractivity contribution in [1.29, 1.82) is 5.26 Å². The maximum atomic E-state index is 12.8. The van der Waals surface area contributed by atoms with Crippen LogP contribution in [0, 0.1) is 11.3 Å². The van der Waals surface area contributed by atoms with Crippen LogP contribution in [0.3, 0.4) is 0 Å². The number of sulfonamides is 1. The van der Waals surface area contributed by atoms with Gasteiger partial charge in [-0.05, 0) is 67.8 Å². The molecule has 0 atom stereocenters. The van der Waals surface area contributed by atoms with E-state index in [0.717, 1.165) is 12.8 Å². The van der Waals surface area contributed by atoms with Crippen LogP contribution < -0.4 is 14.4 Å². The SMILES string of the molecule is CCOc1ccc(N(CCC#N)C(=O)/C=C/c2ccc(S(=O)(=O)NC3CC3)cc2)cc1. The molecule has 0 unspecified atom stereocenters. The van der Waals surface area contributed by atoms with E-state index in [-0.39, 0.29) is 29.8 Å². The first-order chi connectivity index (χ1) is 14.9. The predicted molar refractivity (Wildman–Crippen MR) is 119 cm³/mol. The predicted octanol–water partition coefficient (Wildman–Crippen LogP) is 3.49. The largest absolute Gasteiger partial charge is 0.494 e. The third-order valence-electron chi connectivity index (χ3n) is 4.68. The van der Waals surface area contributed by atoms with Gasteiger partial charge in [-0.3, -0.25) is 4.79 Å². The number of anilines is 1. The van der Waals surface area contributed by atoms with Gasteiger partial charge in [0.2, 0.25) is 10.0 Å². The van der Waals surface area contributed by atoms with E-state index in [0.29, 0.717) is 23.6 Å². The zero-order valence-electron chi connectivity index (χ0n) is 17.3. The van der Waals surface area contributed by atoms with Gasteiger partial charge in [-0.2, -0.15) is 5.26 Å². The minimum atomic E-state index is -3.50. The Kier molecular flexibility index (Phi) is 7.45. The Hall–Kier alpha value is -3.15. The summed E-state index contributed by atoms with van der Waals surface area (Å²) in [6.45, 7) is 2.71. The molecule has 1 aliphatic carbocycles. The molecular weight excluding hydrogens is 414 g/mol. The van der Waals surface area contributed by atoms with Gasteiger partial charge in [0.15, 0.2) is 0 Å². The fourth-order valence-corrected chi connectivity index (χ4v) is 4.23. The summed E-state index contributed by atoms with van der Waals surface area (Å²) in [5.41, 5.74) is 1.37. The lowest BCUT2D eigenvalue weighted by Crippen LogP contribution is -2.30. The van der Waals surface area contributed by atoms with Gasteiger partial charge in [-0.15, -0.1) is 0 Å². The second-order valence-electron chi connectivity index (χ2n) is 7.12. The fraction of sp³-hybridized carbons (Fsp3) is 0.304. The summed E-state index contributed by atoms with van der Waals surface area (Å²) in [5.74, 6) is 0.437. The summed E-state index contributed by atoms with van der Waals surface area (Å²) in [6.07, 6.45) is 4.99. The highest BCUT2D eigenvalue weighted by Crippen LogP contribution is 2.23. The molecule has 1 N–H and O–H groups in total. The Labute approximate surface area is 183 Å². The molecule has 1 aliphatic rings. The molecule has 1 fully saturated rings. The number of hydrogen-bond donors (Lipinski definition) is 1. The number of benzene rings is 2. The van der Waals surface area contributed by atoms with Crippen LogP contribution in [0.5, 0.6) is 5.75 Å². The molecule has 2 aromatic carbocycles. The van der Waals surface area contributed by atoms with Gasteiger partial charge in [0.1, 0.15) is 5.75 Å². The van der Waals surface area contributed by atoms with E-state index < -0.39 is 10.0 Å². The van der Waals surface area contributed by atoms with Gasteiger partial charge >= 0.3 is 0 Å². The minimum Gasteiger partial charge on any atom is -0.494 e. The molecule has 3 rings (SSSR count). The van der Waals surface area contributed by atoms with Crippen molar-refractivity contribution in [2.24, 2.45) is 0 Å². The number of ether oxygens (including phenoxy) is 1. The quantitative estimate of drug-likeness (QED) is 0.571. The van der Waals surface area contributed by atoms with Crippen molar-refractivity contribution < 1.29 is 17.9 Å². The van der Waals surface area contributed by atoms with Crippen molar-refractivity contribution >= 4 is 27.7 Å². The molecule has 0 aromatic heterocycles. The molecule has 0 bridgehead atoms. The van der Waals surface area contributed by atoms with Gasteiger partial charge in [0, 0.05) is 24.4 Å². The van der Waals surface area contributed by atoms with Crippen molar-refractivity contribution in [2.45, 2.75) is 37.1 Å². The smallest absolute Gasteiger partial charge is 0.251 e. The number of nitriles is 1. The van der Waals surface area contributed by atoms with Crippen molar-refractivity contribution in [1.82, 2.24) is 4.72 Å². The first-order valence-electron chi connectivity index (χ1n) is 10.1. The Bertz CT molecular complexity index is 1070. The number of carbonyl (C=O) groups excluding carboxylic acids is 1. The van der Waals surface area contributed by atoms with Crippen LogP contribution in [-0.2, 0) is 14.8 Å². The van der Waals surface area contributed by atoms with Crippen LogP contribution in [0.15, 0.2) is 59.5 Å². The van der Waals surface area contributed by atoms with E-state index in [2.05, 4.69) is 10.8 Å². The molecule has 162 valence electrons. The Balaban J connectivity index is 1.70. The summed E-state index contributed by atoms with van der Waals surface area (Å²) < 4.78 is 32.6. The normalized spacial score (nSPS) is 13.7. The number of hydrogen-bond acceptors (Lipinski definition) is 5. The molecule has 1 amide bonds. The molecule has 0 aliphatic heterocycles. The molecule has 0 radical (unpaired) electrons. The zero-order valence-corrected chi connectivity index (χ0v) is 18.1. The van der Waals surface area contributed by atoms with E-state index >= 15 is 0 Å². The van der Waals surface area contributed by atoms with Gasteiger partial charge in [-0.1, -0.05) is 12.1 Å². The molecule has 7 nitrogen and oxygen atoms in total. The maximum Gasteiger partial charge on any atom is 0.251 e. The average molecular weight is 440 g/mol. The number of nitrogens with zero attached hydrogens (tertiary/aromatic N) is 2. The third-order valence-corrected chi connectivity index (χ3v) is 6.22. The van der Waals surface area contributed by atoms with Crippen LogP contribution in [-0.4, -0.2) is 33.5 Å². The second-order valence-corrected chi connectivity index (χ2v) is 8.84. The zero-order chi connectivity index (χ0) is 22.3. The number of carbonyl (C=O) groups is 1.